The van der Waals surface area contributed by atoms with Gasteiger partial charge in [-0.3, -0.25) is 9.59 Å². The van der Waals surface area contributed by atoms with Crippen LogP contribution in [-0.4, -0.2) is 48.5 Å². The SMILES string of the molecule is CCN1c2cc(C)c(/C=C3/NC(=O)N(CC(=O)Nc4ccc(OC)cc4)C3=O)cc2C(C)=CC1(C)C. The van der Waals surface area contributed by atoms with Crippen molar-refractivity contribution in [2.45, 2.75) is 40.2 Å². The maximum Gasteiger partial charge on any atom is 0.329 e. The molecule has 4 rings (SSSR count). The van der Waals surface area contributed by atoms with E-state index in [1.807, 2.05) is 6.92 Å². The topological polar surface area (TPSA) is 91.0 Å². The molecule has 2 aromatic rings. The standard InChI is InChI=1S/C28H32N4O4/c1-7-32-24-12-17(2)19(13-22(24)18(3)15-28(32,4)5)14-23-26(34)31(27(35)30-23)16-25(33)29-20-8-10-21(36-6)11-9-20/h8-15H,7,16H2,1-6H3,(H,29,33)(H,30,35)/b23-14+. The largest absolute Gasteiger partial charge is 0.497 e. The first-order chi connectivity index (χ1) is 17.0. The van der Waals surface area contributed by atoms with Gasteiger partial charge in [-0.25, -0.2) is 9.69 Å². The second-order valence-electron chi connectivity index (χ2n) is 9.61. The van der Waals surface area contributed by atoms with Crippen molar-refractivity contribution < 1.29 is 19.1 Å². The van der Waals surface area contributed by atoms with Gasteiger partial charge in [0.25, 0.3) is 5.91 Å². The summed E-state index contributed by atoms with van der Waals surface area (Å²) in [6.45, 7) is 11.1. The number of allylic oxidation sites excluding steroid dienone is 1. The molecule has 2 aliphatic heterocycles. The molecule has 8 nitrogen and oxygen atoms in total. The highest BCUT2D eigenvalue weighted by atomic mass is 16.5. The summed E-state index contributed by atoms with van der Waals surface area (Å²) in [4.78, 5) is 41.3. The Balaban J connectivity index is 1.54. The number of hydrogen-bond donors (Lipinski definition) is 2. The molecule has 2 heterocycles. The number of anilines is 2. The molecule has 0 saturated carbocycles. The van der Waals surface area contributed by atoms with Crippen LogP contribution < -0.4 is 20.3 Å². The molecule has 188 valence electrons. The molecule has 36 heavy (non-hydrogen) atoms. The number of amides is 4. The van der Waals surface area contributed by atoms with E-state index in [-0.39, 0.29) is 17.8 Å². The third kappa shape index (κ3) is 4.71. The number of rotatable bonds is 6. The molecular weight excluding hydrogens is 456 g/mol. The van der Waals surface area contributed by atoms with Crippen molar-refractivity contribution in [1.82, 2.24) is 10.2 Å². The fourth-order valence-corrected chi connectivity index (χ4v) is 4.87. The van der Waals surface area contributed by atoms with Gasteiger partial charge in [-0.1, -0.05) is 6.08 Å². The lowest BCUT2D eigenvalue weighted by molar-refractivity contribution is -0.127. The molecule has 0 atom stereocenters. The second-order valence-corrected chi connectivity index (χ2v) is 9.61. The molecule has 4 amide bonds. The number of aryl methyl sites for hydroxylation is 1. The Morgan fingerprint density at radius 3 is 2.47 bits per heavy atom. The van der Waals surface area contributed by atoms with Crippen molar-refractivity contribution in [3.05, 3.63) is 64.9 Å². The summed E-state index contributed by atoms with van der Waals surface area (Å²) in [5, 5.41) is 5.31. The molecule has 0 bridgehead atoms. The van der Waals surface area contributed by atoms with Gasteiger partial charge >= 0.3 is 6.03 Å². The van der Waals surface area contributed by atoms with E-state index >= 15 is 0 Å². The molecular formula is C28H32N4O4. The Hall–Kier alpha value is -4.07. The van der Waals surface area contributed by atoms with Crippen molar-refractivity contribution in [1.29, 1.82) is 0 Å². The number of ether oxygens (including phenoxy) is 1. The molecule has 2 aliphatic rings. The fourth-order valence-electron chi connectivity index (χ4n) is 4.87. The van der Waals surface area contributed by atoms with Crippen LogP contribution in [0.4, 0.5) is 16.2 Å². The van der Waals surface area contributed by atoms with Gasteiger partial charge in [0, 0.05) is 23.5 Å². The number of carbonyl (C=O) groups excluding carboxylic acids is 3. The fraction of sp³-hybridized carbons (Fsp3) is 0.321. The lowest BCUT2D eigenvalue weighted by Crippen LogP contribution is -2.44. The lowest BCUT2D eigenvalue weighted by atomic mass is 9.87. The van der Waals surface area contributed by atoms with Gasteiger partial charge in [0.15, 0.2) is 0 Å². The number of benzene rings is 2. The number of imide groups is 1. The number of nitrogens with zero attached hydrogens (tertiary/aromatic N) is 2. The van der Waals surface area contributed by atoms with Gasteiger partial charge in [-0.2, -0.15) is 0 Å². The van der Waals surface area contributed by atoms with Crippen LogP contribution in [0.25, 0.3) is 11.6 Å². The quantitative estimate of drug-likeness (QED) is 0.460. The van der Waals surface area contributed by atoms with Gasteiger partial charge in [0.1, 0.15) is 18.0 Å². The van der Waals surface area contributed by atoms with Crippen molar-refractivity contribution in [2.75, 3.05) is 30.4 Å². The number of nitrogens with one attached hydrogen (secondary N) is 2. The molecule has 0 aromatic heterocycles. The van der Waals surface area contributed by atoms with Crippen LogP contribution >= 0.6 is 0 Å². The number of urea groups is 1. The van der Waals surface area contributed by atoms with Crippen LogP contribution in [0.3, 0.4) is 0 Å². The average Bonchev–Trinajstić information content (AvgIpc) is 3.07. The Labute approximate surface area is 211 Å². The van der Waals surface area contributed by atoms with Crippen molar-refractivity contribution in [3.8, 4) is 5.75 Å². The van der Waals surface area contributed by atoms with Crippen molar-refractivity contribution >= 4 is 40.9 Å². The van der Waals surface area contributed by atoms with Gasteiger partial charge in [-0.05, 0) is 93.8 Å². The summed E-state index contributed by atoms with van der Waals surface area (Å²) >= 11 is 0. The monoisotopic (exact) mass is 488 g/mol. The zero-order valence-corrected chi connectivity index (χ0v) is 21.6. The summed E-state index contributed by atoms with van der Waals surface area (Å²) in [5.74, 6) is -0.352. The Morgan fingerprint density at radius 2 is 1.83 bits per heavy atom. The predicted octanol–water partition coefficient (Wildman–Crippen LogP) is 4.56. The van der Waals surface area contributed by atoms with Crippen molar-refractivity contribution in [2.24, 2.45) is 0 Å². The van der Waals surface area contributed by atoms with Crippen LogP contribution in [0, 0.1) is 6.92 Å². The third-order valence-corrected chi connectivity index (χ3v) is 6.62. The van der Waals surface area contributed by atoms with Gasteiger partial charge in [-0.15, -0.1) is 0 Å². The van der Waals surface area contributed by atoms with Gasteiger partial charge < -0.3 is 20.3 Å². The Morgan fingerprint density at radius 1 is 1.14 bits per heavy atom. The lowest BCUT2D eigenvalue weighted by Gasteiger charge is -2.43. The molecule has 8 heteroatoms. The first-order valence-electron chi connectivity index (χ1n) is 11.9. The molecule has 0 unspecified atom stereocenters. The zero-order chi connectivity index (χ0) is 26.2. The number of fused-ring (bicyclic) bond motifs is 1. The molecule has 1 fully saturated rings. The number of likely N-dealkylation sites (N-methyl/N-ethyl adjacent to an activating group) is 1. The maximum atomic E-state index is 13.0. The van der Waals surface area contributed by atoms with E-state index in [1.54, 1.807) is 37.5 Å². The Kier molecular flexibility index (Phi) is 6.63. The average molecular weight is 489 g/mol. The first kappa shape index (κ1) is 25.0. The van der Waals surface area contributed by atoms with Crippen molar-refractivity contribution in [3.63, 3.8) is 0 Å². The molecule has 0 spiro atoms. The minimum Gasteiger partial charge on any atom is -0.497 e. The van der Waals surface area contributed by atoms with Gasteiger partial charge in [0.2, 0.25) is 5.91 Å². The molecule has 2 aromatic carbocycles. The molecule has 1 saturated heterocycles. The number of hydrogen-bond acceptors (Lipinski definition) is 5. The minimum absolute atomic E-state index is 0.0967. The van der Waals surface area contributed by atoms with Crippen LogP contribution in [0.1, 0.15) is 44.4 Å². The number of carbonyl (C=O) groups is 3. The summed E-state index contributed by atoms with van der Waals surface area (Å²) in [7, 11) is 1.56. The van der Waals surface area contributed by atoms with Gasteiger partial charge in [0.05, 0.1) is 12.6 Å². The highest BCUT2D eigenvalue weighted by molar-refractivity contribution is 6.16. The molecule has 0 aliphatic carbocycles. The van der Waals surface area contributed by atoms with E-state index in [0.29, 0.717) is 11.4 Å². The van der Waals surface area contributed by atoms with Crippen LogP contribution in [0.5, 0.6) is 5.75 Å². The van der Waals surface area contributed by atoms with E-state index < -0.39 is 17.8 Å². The van der Waals surface area contributed by atoms with Crippen LogP contribution in [-0.2, 0) is 9.59 Å². The highest BCUT2D eigenvalue weighted by Crippen LogP contribution is 2.40. The van der Waals surface area contributed by atoms with E-state index in [4.69, 9.17) is 4.74 Å². The number of methoxy groups -OCH3 is 1. The summed E-state index contributed by atoms with van der Waals surface area (Å²) in [6.07, 6.45) is 3.93. The normalized spacial score (nSPS) is 17.6. The van der Waals surface area contributed by atoms with Crippen LogP contribution in [0.2, 0.25) is 0 Å². The third-order valence-electron chi connectivity index (χ3n) is 6.62. The predicted molar refractivity (Wildman–Crippen MR) is 142 cm³/mol. The summed E-state index contributed by atoms with van der Waals surface area (Å²) in [6, 6.07) is 10.4. The van der Waals surface area contributed by atoms with E-state index in [1.165, 1.54) is 0 Å². The molecule has 2 N–H and O–H groups in total. The van der Waals surface area contributed by atoms with Crippen LogP contribution in [0.15, 0.2) is 48.2 Å². The zero-order valence-electron chi connectivity index (χ0n) is 21.6. The summed E-state index contributed by atoms with van der Waals surface area (Å²) in [5.41, 5.74) is 5.83. The first-order valence-corrected chi connectivity index (χ1v) is 11.9. The summed E-state index contributed by atoms with van der Waals surface area (Å²) < 4.78 is 5.11. The smallest absolute Gasteiger partial charge is 0.329 e. The molecule has 0 radical (unpaired) electrons. The minimum atomic E-state index is -0.623. The van der Waals surface area contributed by atoms with E-state index in [2.05, 4.69) is 61.4 Å². The van der Waals surface area contributed by atoms with E-state index in [9.17, 15) is 14.4 Å². The highest BCUT2D eigenvalue weighted by Gasteiger charge is 2.35. The maximum absolute atomic E-state index is 13.0. The Bertz CT molecular complexity index is 1290. The van der Waals surface area contributed by atoms with E-state index in [0.717, 1.165) is 39.4 Å². The second kappa shape index (κ2) is 9.53.